The van der Waals surface area contributed by atoms with Gasteiger partial charge in [-0.3, -0.25) is 14.4 Å². The Morgan fingerprint density at radius 1 is 1.06 bits per heavy atom. The number of carbonyl (C=O) groups is 2. The molecule has 5 rings (SSSR count). The second kappa shape index (κ2) is 13.5. The number of hydrogen-bond donors (Lipinski definition) is 2. The number of anilines is 2. The molecule has 1 aliphatic rings. The maximum absolute atomic E-state index is 14.3. The number of aryl methyl sites for hydroxylation is 1. The highest BCUT2D eigenvalue weighted by Gasteiger charge is 2.33. The number of fused-ring (bicyclic) bond motifs is 1. The van der Waals surface area contributed by atoms with Gasteiger partial charge in [0.25, 0.3) is 5.91 Å². The predicted octanol–water partition coefficient (Wildman–Crippen LogP) is 8.29. The summed E-state index contributed by atoms with van der Waals surface area (Å²) in [5.74, 6) is 2.56. The van der Waals surface area contributed by atoms with Crippen molar-refractivity contribution in [2.24, 2.45) is 7.05 Å². The van der Waals surface area contributed by atoms with Crippen LogP contribution in [-0.4, -0.2) is 44.9 Å². The van der Waals surface area contributed by atoms with E-state index in [9.17, 15) is 31.5 Å². The third kappa shape index (κ3) is 8.00. The Balaban J connectivity index is 1.66. The van der Waals surface area contributed by atoms with Crippen molar-refractivity contribution in [1.29, 1.82) is 0 Å². The van der Waals surface area contributed by atoms with E-state index in [2.05, 4.69) is 22.3 Å². The van der Waals surface area contributed by atoms with E-state index in [1.54, 1.807) is 27.8 Å². The zero-order chi connectivity index (χ0) is 35.8. The summed E-state index contributed by atoms with van der Waals surface area (Å²) in [6.45, 7) is 5.67. The highest BCUT2D eigenvalue weighted by atomic mass is 35.5. The van der Waals surface area contributed by atoms with Crippen molar-refractivity contribution in [3.05, 3.63) is 75.8 Å². The minimum Gasteiger partial charge on any atom is -0.453 e. The lowest BCUT2D eigenvalue weighted by atomic mass is 10.0. The minimum absolute atomic E-state index is 0.0161. The fraction of sp³-hybridized carbons (Fsp3) is 0.324. The Hall–Kier alpha value is -5.03. The van der Waals surface area contributed by atoms with Gasteiger partial charge in [-0.05, 0) is 76.4 Å². The lowest BCUT2D eigenvalue weighted by Gasteiger charge is -2.34. The molecule has 1 atom stereocenters. The Labute approximate surface area is 283 Å². The number of nitrogens with one attached hydrogen (secondary N) is 1. The molecule has 1 saturated heterocycles. The molecular formula is C34H31ClF5N5O4. The zero-order valence-corrected chi connectivity index (χ0v) is 27.5. The van der Waals surface area contributed by atoms with Crippen molar-refractivity contribution < 1.29 is 41.0 Å². The van der Waals surface area contributed by atoms with Crippen molar-refractivity contribution in [3.8, 4) is 23.3 Å². The molecule has 2 heterocycles. The van der Waals surface area contributed by atoms with Gasteiger partial charge in [0, 0.05) is 25.2 Å². The van der Waals surface area contributed by atoms with Crippen LogP contribution >= 0.6 is 11.6 Å². The first kappa shape index (κ1) is 35.3. The molecule has 258 valence electrons. The summed E-state index contributed by atoms with van der Waals surface area (Å²) in [5, 5.41) is 6.82. The molecule has 15 heteroatoms. The first-order valence-corrected chi connectivity index (χ1v) is 15.4. The normalized spacial score (nSPS) is 15.1. The van der Waals surface area contributed by atoms with Gasteiger partial charge in [0.05, 0.1) is 38.8 Å². The highest BCUT2D eigenvalue weighted by Crippen LogP contribution is 2.44. The molecule has 3 aromatic carbocycles. The molecule has 3 N–H and O–H groups in total. The van der Waals surface area contributed by atoms with Gasteiger partial charge in [-0.1, -0.05) is 23.4 Å². The van der Waals surface area contributed by atoms with Gasteiger partial charge < -0.3 is 20.5 Å². The molecule has 49 heavy (non-hydrogen) atoms. The zero-order valence-electron chi connectivity index (χ0n) is 26.8. The van der Waals surface area contributed by atoms with Crippen LogP contribution in [-0.2, 0) is 18.0 Å². The number of halogens is 6. The van der Waals surface area contributed by atoms with Crippen LogP contribution in [0.3, 0.4) is 0 Å². The molecule has 2 amide bonds. The molecule has 0 aliphatic carbocycles. The van der Waals surface area contributed by atoms with E-state index in [4.69, 9.17) is 26.8 Å². The molecule has 0 bridgehead atoms. The van der Waals surface area contributed by atoms with Crippen LogP contribution in [0, 0.1) is 23.5 Å². The molecule has 0 spiro atoms. The molecule has 1 fully saturated rings. The number of rotatable bonds is 4. The topological polar surface area (TPSA) is 112 Å². The fourth-order valence-corrected chi connectivity index (χ4v) is 5.47. The van der Waals surface area contributed by atoms with Crippen LogP contribution in [0.4, 0.5) is 38.3 Å². The first-order chi connectivity index (χ1) is 22.9. The van der Waals surface area contributed by atoms with Gasteiger partial charge in [-0.2, -0.15) is 18.3 Å². The first-order valence-electron chi connectivity index (χ1n) is 15.0. The number of ether oxygens (including phenoxy) is 2. The third-order valence-electron chi connectivity index (χ3n) is 7.43. The van der Waals surface area contributed by atoms with E-state index in [1.807, 2.05) is 0 Å². The number of hydrogen-bond acceptors (Lipinski definition) is 6. The van der Waals surface area contributed by atoms with E-state index in [1.165, 1.54) is 21.7 Å². The van der Waals surface area contributed by atoms with Crippen molar-refractivity contribution >= 4 is 46.0 Å². The summed E-state index contributed by atoms with van der Waals surface area (Å²) < 4.78 is 81.8. The number of nitrogens with two attached hydrogens (primary N) is 1. The summed E-state index contributed by atoms with van der Waals surface area (Å²) in [6, 6.07) is 5.53. The van der Waals surface area contributed by atoms with Gasteiger partial charge >= 0.3 is 12.3 Å². The summed E-state index contributed by atoms with van der Waals surface area (Å²) >= 11 is 6.28. The lowest BCUT2D eigenvalue weighted by Crippen LogP contribution is -2.45. The molecule has 0 saturated carbocycles. The standard InChI is InChI=1S/C34H31ClF5N5O4/c1-33(2,3)49-32(47)45-12-6-5-7-23(45)10-8-18-15-25(42-31(46)19-13-20(34(38,39)40)16-22(37)14-19)29(27-28(18)44(4)43-30(27)41)48-26-17-21(36)9-11-24(26)35/h9,11,13-17,23H,5-7,12H2,1-4H3,(H2,41,43)(H,42,46). The van der Waals surface area contributed by atoms with E-state index < -0.39 is 52.6 Å². The maximum Gasteiger partial charge on any atom is 0.416 e. The van der Waals surface area contributed by atoms with Crippen LogP contribution in [0.1, 0.15) is 61.5 Å². The number of benzene rings is 3. The number of amides is 2. The van der Waals surface area contributed by atoms with Crippen molar-refractivity contribution in [2.75, 3.05) is 17.6 Å². The number of aromatic nitrogens is 2. The molecule has 1 unspecified atom stereocenters. The monoisotopic (exact) mass is 703 g/mol. The molecular weight excluding hydrogens is 673 g/mol. The number of alkyl halides is 3. The number of nitrogen functional groups attached to an aromatic ring is 1. The molecule has 0 radical (unpaired) electrons. The van der Waals surface area contributed by atoms with E-state index in [0.717, 1.165) is 25.0 Å². The van der Waals surface area contributed by atoms with Gasteiger partial charge in [-0.15, -0.1) is 0 Å². The lowest BCUT2D eigenvalue weighted by molar-refractivity contribution is -0.137. The smallest absolute Gasteiger partial charge is 0.416 e. The number of piperidine rings is 1. The summed E-state index contributed by atoms with van der Waals surface area (Å²) in [7, 11) is 1.57. The quantitative estimate of drug-likeness (QED) is 0.163. The summed E-state index contributed by atoms with van der Waals surface area (Å²) in [6.07, 6.45) is -3.37. The second-order valence-electron chi connectivity index (χ2n) is 12.3. The Morgan fingerprint density at radius 3 is 2.49 bits per heavy atom. The third-order valence-corrected chi connectivity index (χ3v) is 7.75. The Kier molecular flexibility index (Phi) is 9.70. The summed E-state index contributed by atoms with van der Waals surface area (Å²) in [5.41, 5.74) is 3.92. The highest BCUT2D eigenvalue weighted by molar-refractivity contribution is 6.32. The van der Waals surface area contributed by atoms with Gasteiger partial charge in [0.2, 0.25) is 0 Å². The van der Waals surface area contributed by atoms with Crippen LogP contribution < -0.4 is 15.8 Å². The molecule has 1 aliphatic heterocycles. The maximum atomic E-state index is 14.3. The van der Waals surface area contributed by atoms with E-state index in [0.29, 0.717) is 30.6 Å². The molecule has 4 aromatic rings. The van der Waals surface area contributed by atoms with Crippen LogP contribution in [0.25, 0.3) is 10.9 Å². The Bertz CT molecular complexity index is 2010. The van der Waals surface area contributed by atoms with E-state index >= 15 is 0 Å². The Morgan fingerprint density at radius 2 is 1.80 bits per heavy atom. The minimum atomic E-state index is -4.93. The second-order valence-corrected chi connectivity index (χ2v) is 12.8. The van der Waals surface area contributed by atoms with Crippen molar-refractivity contribution in [2.45, 2.75) is 57.9 Å². The number of nitrogens with zero attached hydrogens (tertiary/aromatic N) is 3. The molecule has 1 aromatic heterocycles. The van der Waals surface area contributed by atoms with Crippen LogP contribution in [0.2, 0.25) is 5.02 Å². The summed E-state index contributed by atoms with van der Waals surface area (Å²) in [4.78, 5) is 27.9. The van der Waals surface area contributed by atoms with Crippen LogP contribution in [0.5, 0.6) is 11.5 Å². The van der Waals surface area contributed by atoms with Crippen molar-refractivity contribution in [1.82, 2.24) is 14.7 Å². The van der Waals surface area contributed by atoms with Crippen molar-refractivity contribution in [3.63, 3.8) is 0 Å². The average Bonchev–Trinajstić information content (AvgIpc) is 3.31. The van der Waals surface area contributed by atoms with Gasteiger partial charge in [0.1, 0.15) is 23.0 Å². The fourth-order valence-electron chi connectivity index (χ4n) is 5.31. The largest absolute Gasteiger partial charge is 0.453 e. The number of carbonyl (C=O) groups excluding carboxylic acids is 2. The number of likely N-dealkylation sites (tertiary alicyclic amines) is 1. The predicted molar refractivity (Wildman–Crippen MR) is 173 cm³/mol. The van der Waals surface area contributed by atoms with Crippen LogP contribution in [0.15, 0.2) is 42.5 Å². The SMILES string of the molecule is Cn1nc(N)c2c(Oc3cc(F)ccc3Cl)c(NC(=O)c3cc(F)cc(C(F)(F)F)c3)cc(C#CC3CCCCN3C(=O)OC(C)(C)C)c21. The van der Waals surface area contributed by atoms with Gasteiger partial charge in [0.15, 0.2) is 11.6 Å². The van der Waals surface area contributed by atoms with E-state index in [-0.39, 0.29) is 45.0 Å². The molecule has 9 nitrogen and oxygen atoms in total. The van der Waals surface area contributed by atoms with Gasteiger partial charge in [-0.25, -0.2) is 13.6 Å². The average molecular weight is 704 g/mol.